The van der Waals surface area contributed by atoms with Crippen LogP contribution in [0.25, 0.3) is 0 Å². The van der Waals surface area contributed by atoms with Gasteiger partial charge in [0.2, 0.25) is 0 Å². The fourth-order valence-electron chi connectivity index (χ4n) is 5.25. The van der Waals surface area contributed by atoms with Gasteiger partial charge in [-0.05, 0) is 36.8 Å². The van der Waals surface area contributed by atoms with Gasteiger partial charge >= 0.3 is 5.97 Å². The molecule has 2 unspecified atom stereocenters. The molecule has 1 amide bonds. The Morgan fingerprint density at radius 1 is 1.26 bits per heavy atom. The highest BCUT2D eigenvalue weighted by molar-refractivity contribution is 6.07. The maximum absolute atomic E-state index is 12.8. The van der Waals surface area contributed by atoms with E-state index in [1.165, 1.54) is 11.1 Å². The molecule has 1 spiro atoms. The number of ether oxygens (including phenoxy) is 1. The van der Waals surface area contributed by atoms with Crippen LogP contribution < -0.4 is 0 Å². The van der Waals surface area contributed by atoms with Gasteiger partial charge in [-0.2, -0.15) is 0 Å². The second-order valence-corrected chi connectivity index (χ2v) is 8.11. The Morgan fingerprint density at radius 3 is 2.89 bits per heavy atom. The number of aliphatic carboxylic acids is 1. The lowest BCUT2D eigenvalue weighted by Gasteiger charge is -2.29. The van der Waals surface area contributed by atoms with Crippen molar-refractivity contribution in [1.29, 1.82) is 0 Å². The molecule has 4 aliphatic rings. The van der Waals surface area contributed by atoms with Crippen LogP contribution in [0, 0.1) is 0 Å². The topological polar surface area (TPSA) is 70.1 Å². The standard InChI is InChI=1S/C21H24N2O4/c24-19-18-17(20(25)26)16-6-8-21(18,27-16)13-23(19)10-3-9-22-11-7-14-4-1-2-5-15(14)12-22/h1-2,4-5,16H,3,6-13H2,(H,25,26). The Morgan fingerprint density at radius 2 is 2.07 bits per heavy atom. The van der Waals surface area contributed by atoms with Crippen LogP contribution in [-0.4, -0.2) is 64.7 Å². The zero-order valence-corrected chi connectivity index (χ0v) is 15.3. The Balaban J connectivity index is 1.22. The summed E-state index contributed by atoms with van der Waals surface area (Å²) in [5, 5.41) is 9.49. The number of carbonyl (C=O) groups excluding carboxylic acids is 1. The van der Waals surface area contributed by atoms with Gasteiger partial charge in [0.1, 0.15) is 5.60 Å². The van der Waals surface area contributed by atoms with Crippen LogP contribution in [0.1, 0.15) is 30.4 Å². The lowest BCUT2D eigenvalue weighted by atomic mass is 9.84. The third kappa shape index (κ3) is 2.62. The van der Waals surface area contributed by atoms with Crippen molar-refractivity contribution in [2.24, 2.45) is 0 Å². The lowest BCUT2D eigenvalue weighted by Crippen LogP contribution is -2.36. The summed E-state index contributed by atoms with van der Waals surface area (Å²) in [6, 6.07) is 8.58. The summed E-state index contributed by atoms with van der Waals surface area (Å²) in [7, 11) is 0. The van der Waals surface area contributed by atoms with Gasteiger partial charge < -0.3 is 14.7 Å². The minimum atomic E-state index is -1.00. The summed E-state index contributed by atoms with van der Waals surface area (Å²) in [6.07, 6.45) is 3.04. The molecule has 0 aromatic heterocycles. The molecule has 1 aromatic carbocycles. The SMILES string of the molecule is O=C(O)C1=C2C(=O)N(CCCN3CCc4ccccc4C3)CC23CCC1O3. The number of carboxylic acid groups (broad SMARTS) is 1. The van der Waals surface area contributed by atoms with Gasteiger partial charge in [-0.15, -0.1) is 0 Å². The van der Waals surface area contributed by atoms with E-state index in [1.54, 1.807) is 4.90 Å². The molecule has 4 heterocycles. The fourth-order valence-corrected chi connectivity index (χ4v) is 5.25. The first-order valence-corrected chi connectivity index (χ1v) is 9.81. The molecule has 2 atom stereocenters. The van der Waals surface area contributed by atoms with E-state index >= 15 is 0 Å². The number of fused-ring (bicyclic) bond motifs is 2. The number of amides is 1. The van der Waals surface area contributed by atoms with Crippen LogP contribution in [0.5, 0.6) is 0 Å². The van der Waals surface area contributed by atoms with Gasteiger partial charge in [0.25, 0.3) is 5.91 Å². The summed E-state index contributed by atoms with van der Waals surface area (Å²) in [5.74, 6) is -1.13. The highest BCUT2D eigenvalue weighted by Gasteiger charge is 2.61. The molecule has 2 bridgehead atoms. The third-order valence-corrected chi connectivity index (χ3v) is 6.51. The molecule has 1 aromatic rings. The van der Waals surface area contributed by atoms with Crippen LogP contribution in [0.15, 0.2) is 35.4 Å². The molecule has 27 heavy (non-hydrogen) atoms. The third-order valence-electron chi connectivity index (χ3n) is 6.51. The van der Waals surface area contributed by atoms with Crippen LogP contribution in [0.2, 0.25) is 0 Å². The van der Waals surface area contributed by atoms with Gasteiger partial charge in [-0.25, -0.2) is 4.79 Å². The monoisotopic (exact) mass is 368 g/mol. The summed E-state index contributed by atoms with van der Waals surface area (Å²) in [5.41, 5.74) is 2.83. The maximum atomic E-state index is 12.8. The fraction of sp³-hybridized carbons (Fsp3) is 0.524. The molecule has 2 fully saturated rings. The van der Waals surface area contributed by atoms with E-state index in [0.717, 1.165) is 38.9 Å². The van der Waals surface area contributed by atoms with Gasteiger partial charge in [0.15, 0.2) is 0 Å². The van der Waals surface area contributed by atoms with E-state index in [4.69, 9.17) is 4.74 Å². The van der Waals surface area contributed by atoms with Gasteiger partial charge in [-0.1, -0.05) is 24.3 Å². The van der Waals surface area contributed by atoms with Crippen LogP contribution in [0.4, 0.5) is 0 Å². The second-order valence-electron chi connectivity index (χ2n) is 8.11. The van der Waals surface area contributed by atoms with E-state index in [9.17, 15) is 14.7 Å². The number of rotatable bonds is 5. The minimum Gasteiger partial charge on any atom is -0.478 e. The zero-order chi connectivity index (χ0) is 18.6. The van der Waals surface area contributed by atoms with Crippen molar-refractivity contribution >= 4 is 11.9 Å². The molecule has 142 valence electrons. The lowest BCUT2D eigenvalue weighted by molar-refractivity contribution is -0.134. The quantitative estimate of drug-likeness (QED) is 0.855. The molecule has 0 saturated carbocycles. The number of hydrogen-bond acceptors (Lipinski definition) is 4. The van der Waals surface area contributed by atoms with E-state index < -0.39 is 17.7 Å². The Bertz CT molecular complexity index is 848. The number of benzene rings is 1. The first-order valence-electron chi connectivity index (χ1n) is 9.81. The minimum absolute atomic E-state index is 0.126. The van der Waals surface area contributed by atoms with Crippen LogP contribution in [0.3, 0.4) is 0 Å². The molecule has 1 N–H and O–H groups in total. The van der Waals surface area contributed by atoms with Crippen molar-refractivity contribution in [3.05, 3.63) is 46.5 Å². The van der Waals surface area contributed by atoms with E-state index in [1.807, 2.05) is 0 Å². The maximum Gasteiger partial charge on any atom is 0.334 e. The van der Waals surface area contributed by atoms with Gasteiger partial charge in [0, 0.05) is 26.2 Å². The number of carboxylic acids is 1. The Hall–Kier alpha value is -2.18. The molecule has 0 aliphatic carbocycles. The van der Waals surface area contributed by atoms with Crippen molar-refractivity contribution in [1.82, 2.24) is 9.80 Å². The summed E-state index contributed by atoms with van der Waals surface area (Å²) < 4.78 is 5.97. The summed E-state index contributed by atoms with van der Waals surface area (Å²) in [4.78, 5) is 28.7. The number of nitrogens with zero attached hydrogens (tertiary/aromatic N) is 2. The highest BCUT2D eigenvalue weighted by atomic mass is 16.5. The second kappa shape index (κ2) is 6.17. The van der Waals surface area contributed by atoms with Crippen molar-refractivity contribution in [3.8, 4) is 0 Å². The summed E-state index contributed by atoms with van der Waals surface area (Å²) >= 11 is 0. The van der Waals surface area contributed by atoms with Crippen molar-refractivity contribution in [2.75, 3.05) is 26.2 Å². The molecule has 5 rings (SSSR count). The van der Waals surface area contributed by atoms with E-state index in [2.05, 4.69) is 29.2 Å². The zero-order valence-electron chi connectivity index (χ0n) is 15.3. The predicted octanol–water partition coefficient (Wildman–Crippen LogP) is 1.59. The van der Waals surface area contributed by atoms with Crippen LogP contribution in [-0.2, 0) is 27.3 Å². The Kier molecular flexibility index (Phi) is 3.88. The smallest absolute Gasteiger partial charge is 0.334 e. The summed E-state index contributed by atoms with van der Waals surface area (Å²) in [6.45, 7) is 4.13. The molecular formula is C21H24N2O4. The molecule has 6 heteroatoms. The Labute approximate surface area is 158 Å². The molecule has 4 aliphatic heterocycles. The molecular weight excluding hydrogens is 344 g/mol. The van der Waals surface area contributed by atoms with Crippen LogP contribution >= 0.6 is 0 Å². The largest absolute Gasteiger partial charge is 0.478 e. The average Bonchev–Trinajstić information content (AvgIpc) is 3.30. The molecule has 6 nitrogen and oxygen atoms in total. The normalized spacial score (nSPS) is 29.4. The predicted molar refractivity (Wildman–Crippen MR) is 98.1 cm³/mol. The van der Waals surface area contributed by atoms with Crippen molar-refractivity contribution in [2.45, 2.75) is 43.9 Å². The van der Waals surface area contributed by atoms with Gasteiger partial charge in [-0.3, -0.25) is 9.69 Å². The van der Waals surface area contributed by atoms with Gasteiger partial charge in [0.05, 0.1) is 23.8 Å². The first-order chi connectivity index (χ1) is 13.1. The van der Waals surface area contributed by atoms with E-state index in [-0.39, 0.29) is 11.5 Å². The first kappa shape index (κ1) is 17.0. The number of hydrogen-bond donors (Lipinski definition) is 1. The number of likely N-dealkylation sites (tertiary alicyclic amines) is 1. The van der Waals surface area contributed by atoms with Crippen molar-refractivity contribution < 1.29 is 19.4 Å². The van der Waals surface area contributed by atoms with E-state index in [0.29, 0.717) is 25.1 Å². The highest BCUT2D eigenvalue weighted by Crippen LogP contribution is 2.51. The average molecular weight is 368 g/mol. The molecule has 2 saturated heterocycles. The number of carbonyl (C=O) groups is 2. The van der Waals surface area contributed by atoms with Crippen molar-refractivity contribution in [3.63, 3.8) is 0 Å². The molecule has 0 radical (unpaired) electrons.